The van der Waals surface area contributed by atoms with E-state index in [2.05, 4.69) is 4.90 Å². The molecule has 4 rings (SSSR count). The van der Waals surface area contributed by atoms with E-state index in [9.17, 15) is 9.90 Å². The molecule has 5 nitrogen and oxygen atoms in total. The van der Waals surface area contributed by atoms with Crippen molar-refractivity contribution < 1.29 is 19.4 Å². The Morgan fingerprint density at radius 3 is 2.60 bits per heavy atom. The van der Waals surface area contributed by atoms with E-state index in [0.29, 0.717) is 26.1 Å². The van der Waals surface area contributed by atoms with Gasteiger partial charge in [0.25, 0.3) is 0 Å². The van der Waals surface area contributed by atoms with Crippen LogP contribution in [0.15, 0.2) is 42.5 Å². The second-order valence-electron chi connectivity index (χ2n) is 6.86. The van der Waals surface area contributed by atoms with Crippen LogP contribution in [0.5, 0.6) is 5.75 Å². The van der Waals surface area contributed by atoms with Gasteiger partial charge in [-0.25, -0.2) is 0 Å². The molecule has 3 heterocycles. The van der Waals surface area contributed by atoms with Gasteiger partial charge < -0.3 is 14.6 Å². The molecule has 5 heteroatoms. The summed E-state index contributed by atoms with van der Waals surface area (Å²) in [6, 6.07) is 9.56. The van der Waals surface area contributed by atoms with E-state index in [-0.39, 0.29) is 5.97 Å². The second kappa shape index (κ2) is 7.18. The first kappa shape index (κ1) is 18.0. The molecule has 136 valence electrons. The van der Waals surface area contributed by atoms with Gasteiger partial charge in [0.1, 0.15) is 17.9 Å². The maximum Gasteiger partial charge on any atom is 0.314 e. The fourth-order valence-corrected chi connectivity index (χ4v) is 4.26. The molecule has 0 amide bonds. The summed E-state index contributed by atoms with van der Waals surface area (Å²) in [4.78, 5) is 14.9. The smallest absolute Gasteiger partial charge is 0.314 e. The number of allylic oxidation sites excluding steroid dienone is 1. The number of fused-ring (bicyclic) bond motifs is 3. The summed E-state index contributed by atoms with van der Waals surface area (Å²) < 4.78 is 11.3. The average molecular weight is 345 g/mol. The van der Waals surface area contributed by atoms with Crippen molar-refractivity contribution in [2.24, 2.45) is 5.41 Å². The lowest BCUT2D eigenvalue weighted by atomic mass is 9.61. The van der Waals surface area contributed by atoms with Gasteiger partial charge in [0.2, 0.25) is 0 Å². The van der Waals surface area contributed by atoms with Gasteiger partial charge in [-0.3, -0.25) is 9.69 Å². The predicted octanol–water partition coefficient (Wildman–Crippen LogP) is 2.40. The molecule has 0 saturated carbocycles. The number of aliphatic hydroxyl groups excluding tert-OH is 1. The van der Waals surface area contributed by atoms with Crippen LogP contribution in [0.4, 0.5) is 0 Å². The molecule has 3 saturated heterocycles. The molecule has 3 aliphatic heterocycles. The number of benzene rings is 1. The van der Waals surface area contributed by atoms with Crippen LogP contribution in [0.1, 0.15) is 26.7 Å². The van der Waals surface area contributed by atoms with E-state index in [1.165, 1.54) is 0 Å². The molecule has 25 heavy (non-hydrogen) atoms. The number of hydrogen-bond donors (Lipinski definition) is 1. The fraction of sp³-hybridized carbons (Fsp3) is 0.550. The van der Waals surface area contributed by atoms with Crippen molar-refractivity contribution in [3.8, 4) is 5.75 Å². The molecule has 1 aromatic carbocycles. The quantitative estimate of drug-likeness (QED) is 0.634. The van der Waals surface area contributed by atoms with Gasteiger partial charge in [-0.2, -0.15) is 0 Å². The van der Waals surface area contributed by atoms with E-state index < -0.39 is 17.1 Å². The maximum atomic E-state index is 12.7. The van der Waals surface area contributed by atoms with Gasteiger partial charge in [-0.05, 0) is 38.8 Å². The van der Waals surface area contributed by atoms with Gasteiger partial charge >= 0.3 is 5.97 Å². The minimum Gasteiger partial charge on any atom is -0.491 e. The Hall–Kier alpha value is -1.85. The molecule has 3 fully saturated rings. The molecular formula is C20H27NO4. The van der Waals surface area contributed by atoms with Crippen LogP contribution in [0.3, 0.4) is 0 Å². The summed E-state index contributed by atoms with van der Waals surface area (Å²) in [6.45, 7) is 5.85. The molecular weight excluding hydrogens is 318 g/mol. The number of aliphatic hydroxyl groups is 1. The third-order valence-electron chi connectivity index (χ3n) is 5.59. The van der Waals surface area contributed by atoms with Gasteiger partial charge in [-0.1, -0.05) is 30.4 Å². The summed E-state index contributed by atoms with van der Waals surface area (Å²) in [5, 5.41) is 11.3. The second-order valence-corrected chi connectivity index (χ2v) is 6.86. The largest absolute Gasteiger partial charge is 0.491 e. The third-order valence-corrected chi connectivity index (χ3v) is 5.59. The first-order valence-electron chi connectivity index (χ1n) is 9.01. The first-order chi connectivity index (χ1) is 12.1. The molecule has 0 spiro atoms. The molecule has 0 aliphatic carbocycles. The first-order valence-corrected chi connectivity index (χ1v) is 9.01. The van der Waals surface area contributed by atoms with Crippen molar-refractivity contribution in [3.63, 3.8) is 0 Å². The standard InChI is InChI=1S/C20H27NO4/c1-3-10-20(15-25-16-8-6-5-7-9-16)17(22)19(18(23)24-4-2)11-13-21(20)14-12-19/h3,5-10,17,22H,4,11-15H2,1-2H3. The number of carbonyl (C=O) groups excluding carboxylic acids is 1. The van der Waals surface area contributed by atoms with Crippen LogP contribution in [0.2, 0.25) is 0 Å². The van der Waals surface area contributed by atoms with E-state index in [1.54, 1.807) is 6.92 Å². The van der Waals surface area contributed by atoms with Crippen LogP contribution in [-0.2, 0) is 9.53 Å². The fourth-order valence-electron chi connectivity index (χ4n) is 4.26. The third kappa shape index (κ3) is 2.96. The van der Waals surface area contributed by atoms with Crippen LogP contribution in [-0.4, -0.2) is 53.9 Å². The lowest BCUT2D eigenvalue weighted by Gasteiger charge is -2.60. The molecule has 2 atom stereocenters. The van der Waals surface area contributed by atoms with Crippen molar-refractivity contribution >= 4 is 5.97 Å². The van der Waals surface area contributed by atoms with E-state index in [4.69, 9.17) is 9.47 Å². The molecule has 0 radical (unpaired) electrons. The summed E-state index contributed by atoms with van der Waals surface area (Å²) in [5.41, 5.74) is -1.56. The van der Waals surface area contributed by atoms with E-state index in [0.717, 1.165) is 18.8 Å². The normalized spacial score (nSPS) is 34.2. The topological polar surface area (TPSA) is 59.0 Å². The van der Waals surface area contributed by atoms with Crippen molar-refractivity contribution in [2.75, 3.05) is 26.3 Å². The van der Waals surface area contributed by atoms with Crippen LogP contribution < -0.4 is 4.74 Å². The van der Waals surface area contributed by atoms with Crippen LogP contribution in [0.25, 0.3) is 0 Å². The highest BCUT2D eigenvalue weighted by molar-refractivity contribution is 5.79. The summed E-state index contributed by atoms with van der Waals surface area (Å²) in [7, 11) is 0. The Bertz CT molecular complexity index is 622. The van der Waals surface area contributed by atoms with Crippen LogP contribution in [0, 0.1) is 5.41 Å². The molecule has 3 aliphatic rings. The molecule has 2 bridgehead atoms. The Labute approximate surface area is 149 Å². The zero-order valence-electron chi connectivity index (χ0n) is 15.0. The summed E-state index contributed by atoms with van der Waals surface area (Å²) in [6.07, 6.45) is 4.29. The van der Waals surface area contributed by atoms with Gasteiger partial charge in [0.05, 0.1) is 18.1 Å². The maximum absolute atomic E-state index is 12.7. The highest BCUT2D eigenvalue weighted by atomic mass is 16.5. The number of ether oxygens (including phenoxy) is 2. The number of hydrogen-bond acceptors (Lipinski definition) is 5. The molecule has 0 aromatic heterocycles. The highest BCUT2D eigenvalue weighted by Crippen LogP contribution is 2.50. The lowest BCUT2D eigenvalue weighted by molar-refractivity contribution is -0.203. The number of esters is 1. The van der Waals surface area contributed by atoms with Crippen molar-refractivity contribution in [3.05, 3.63) is 42.5 Å². The Morgan fingerprint density at radius 2 is 2.00 bits per heavy atom. The Morgan fingerprint density at radius 1 is 1.32 bits per heavy atom. The molecule has 1 aromatic rings. The van der Waals surface area contributed by atoms with Gasteiger partial charge in [0.15, 0.2) is 0 Å². The average Bonchev–Trinajstić information content (AvgIpc) is 2.65. The molecule has 1 N–H and O–H groups in total. The number of carbonyl (C=O) groups is 1. The minimum absolute atomic E-state index is 0.282. The van der Waals surface area contributed by atoms with Crippen LogP contribution >= 0.6 is 0 Å². The number of piperidine rings is 3. The Balaban J connectivity index is 1.90. The predicted molar refractivity (Wildman–Crippen MR) is 95.4 cm³/mol. The van der Waals surface area contributed by atoms with Gasteiger partial charge in [0, 0.05) is 13.1 Å². The SMILES string of the molecule is CC=CC1(COc2ccccc2)C(O)C2(C(=O)OCC)CCN1CC2. The number of para-hydroxylation sites is 1. The minimum atomic E-state index is -0.860. The summed E-state index contributed by atoms with van der Waals surface area (Å²) in [5.74, 6) is 0.474. The number of nitrogens with zero attached hydrogens (tertiary/aromatic N) is 1. The van der Waals surface area contributed by atoms with Gasteiger partial charge in [-0.15, -0.1) is 0 Å². The summed E-state index contributed by atoms with van der Waals surface area (Å²) >= 11 is 0. The highest BCUT2D eigenvalue weighted by Gasteiger charge is 2.63. The van der Waals surface area contributed by atoms with Crippen molar-refractivity contribution in [2.45, 2.75) is 38.3 Å². The van der Waals surface area contributed by atoms with Crippen molar-refractivity contribution in [1.29, 1.82) is 0 Å². The lowest BCUT2D eigenvalue weighted by Crippen LogP contribution is -2.74. The number of rotatable bonds is 6. The monoisotopic (exact) mass is 345 g/mol. The zero-order chi connectivity index (χ0) is 17.9. The molecule has 2 unspecified atom stereocenters. The zero-order valence-corrected chi connectivity index (χ0v) is 15.0. The van der Waals surface area contributed by atoms with E-state index >= 15 is 0 Å². The van der Waals surface area contributed by atoms with Crippen molar-refractivity contribution in [1.82, 2.24) is 4.90 Å². The van der Waals surface area contributed by atoms with E-state index in [1.807, 2.05) is 49.4 Å². The Kier molecular flexibility index (Phi) is 5.16.